The van der Waals surface area contributed by atoms with Gasteiger partial charge in [-0.05, 0) is 14.1 Å². The van der Waals surface area contributed by atoms with E-state index in [0.29, 0.717) is 11.8 Å². The lowest BCUT2D eigenvalue weighted by Crippen LogP contribution is -2.46. The Labute approximate surface area is 74.0 Å². The summed E-state index contributed by atoms with van der Waals surface area (Å²) in [5.41, 5.74) is 5.76. The first-order valence-corrected chi connectivity index (χ1v) is 4.53. The zero-order valence-corrected chi connectivity index (χ0v) is 8.28. The fourth-order valence-corrected chi connectivity index (χ4v) is 1.64. The van der Waals surface area contributed by atoms with Crippen LogP contribution >= 0.6 is 25.3 Å². The van der Waals surface area contributed by atoms with Crippen LogP contribution in [0.25, 0.3) is 0 Å². The molecule has 0 saturated carbocycles. The molecule has 62 valence electrons. The van der Waals surface area contributed by atoms with Crippen LogP contribution in [0.15, 0.2) is 0 Å². The molecule has 0 rings (SSSR count). The molecule has 0 heterocycles. The number of hydrogen-bond acceptors (Lipinski definition) is 4. The van der Waals surface area contributed by atoms with Crippen LogP contribution in [-0.4, -0.2) is 42.6 Å². The number of likely N-dealkylation sites (N-methyl/N-ethyl adjacent to an activating group) is 1. The summed E-state index contributed by atoms with van der Waals surface area (Å²) in [5.74, 6) is 1.50. The van der Waals surface area contributed by atoms with Crippen molar-refractivity contribution in [2.75, 3.05) is 25.6 Å². The molecule has 2 N–H and O–H groups in total. The van der Waals surface area contributed by atoms with Gasteiger partial charge in [-0.15, -0.1) is 0 Å². The van der Waals surface area contributed by atoms with E-state index in [9.17, 15) is 0 Å². The molecule has 2 atom stereocenters. The molecule has 0 aliphatic carbocycles. The van der Waals surface area contributed by atoms with Crippen molar-refractivity contribution in [1.29, 1.82) is 0 Å². The van der Waals surface area contributed by atoms with Crippen LogP contribution in [0.1, 0.15) is 0 Å². The Morgan fingerprint density at radius 3 is 1.90 bits per heavy atom. The van der Waals surface area contributed by atoms with Crippen molar-refractivity contribution >= 4 is 25.3 Å². The normalized spacial score (nSPS) is 17.4. The van der Waals surface area contributed by atoms with E-state index in [1.165, 1.54) is 0 Å². The molecule has 0 aliphatic heterocycles. The SMILES string of the molecule is CN(C)C(CS)C(N)CS. The molecule has 0 aromatic carbocycles. The quantitative estimate of drug-likeness (QED) is 0.536. The van der Waals surface area contributed by atoms with E-state index < -0.39 is 0 Å². The van der Waals surface area contributed by atoms with Gasteiger partial charge >= 0.3 is 0 Å². The van der Waals surface area contributed by atoms with E-state index in [1.807, 2.05) is 14.1 Å². The third-order valence-corrected chi connectivity index (χ3v) is 2.35. The highest BCUT2D eigenvalue weighted by molar-refractivity contribution is 7.80. The monoisotopic (exact) mass is 180 g/mol. The van der Waals surface area contributed by atoms with Gasteiger partial charge in [0.15, 0.2) is 0 Å². The van der Waals surface area contributed by atoms with Crippen LogP contribution in [0.5, 0.6) is 0 Å². The Morgan fingerprint density at radius 2 is 1.80 bits per heavy atom. The summed E-state index contributed by atoms with van der Waals surface area (Å²) in [4.78, 5) is 2.08. The van der Waals surface area contributed by atoms with E-state index in [2.05, 4.69) is 30.2 Å². The molecule has 0 amide bonds. The summed E-state index contributed by atoms with van der Waals surface area (Å²) >= 11 is 8.31. The minimum atomic E-state index is 0.121. The highest BCUT2D eigenvalue weighted by Gasteiger charge is 2.16. The Bertz CT molecular complexity index is 87.8. The van der Waals surface area contributed by atoms with Gasteiger partial charge in [-0.25, -0.2) is 0 Å². The third kappa shape index (κ3) is 3.14. The van der Waals surface area contributed by atoms with Crippen molar-refractivity contribution in [3.8, 4) is 0 Å². The van der Waals surface area contributed by atoms with E-state index >= 15 is 0 Å². The van der Waals surface area contributed by atoms with Gasteiger partial charge in [0.1, 0.15) is 0 Å². The third-order valence-electron chi connectivity index (χ3n) is 1.56. The largest absolute Gasteiger partial charge is 0.326 e. The van der Waals surface area contributed by atoms with Gasteiger partial charge in [-0.3, -0.25) is 0 Å². The van der Waals surface area contributed by atoms with Gasteiger partial charge in [0.2, 0.25) is 0 Å². The van der Waals surface area contributed by atoms with Gasteiger partial charge < -0.3 is 10.6 Å². The average Bonchev–Trinajstić information content (AvgIpc) is 1.88. The zero-order valence-electron chi connectivity index (χ0n) is 6.49. The minimum absolute atomic E-state index is 0.121. The molecule has 0 radical (unpaired) electrons. The van der Waals surface area contributed by atoms with Gasteiger partial charge in [0.25, 0.3) is 0 Å². The van der Waals surface area contributed by atoms with E-state index in [4.69, 9.17) is 5.73 Å². The van der Waals surface area contributed by atoms with Crippen molar-refractivity contribution in [3.05, 3.63) is 0 Å². The van der Waals surface area contributed by atoms with Gasteiger partial charge in [0, 0.05) is 23.6 Å². The molecular weight excluding hydrogens is 164 g/mol. The highest BCUT2D eigenvalue weighted by atomic mass is 32.1. The molecule has 2 unspecified atom stereocenters. The molecule has 0 fully saturated rings. The summed E-state index contributed by atoms with van der Waals surface area (Å²) in [6.45, 7) is 0. The molecule has 0 saturated heterocycles. The molecule has 10 heavy (non-hydrogen) atoms. The Hall–Kier alpha value is 0.620. The highest BCUT2D eigenvalue weighted by Crippen LogP contribution is 2.01. The van der Waals surface area contributed by atoms with Crippen LogP contribution in [0, 0.1) is 0 Å². The second kappa shape index (κ2) is 5.29. The maximum atomic E-state index is 5.76. The second-order valence-corrected chi connectivity index (χ2v) is 3.29. The van der Waals surface area contributed by atoms with Crippen molar-refractivity contribution in [3.63, 3.8) is 0 Å². The molecule has 0 bridgehead atoms. The average molecular weight is 180 g/mol. The van der Waals surface area contributed by atoms with Crippen molar-refractivity contribution in [2.24, 2.45) is 5.73 Å². The number of nitrogens with two attached hydrogens (primary N) is 1. The van der Waals surface area contributed by atoms with Crippen molar-refractivity contribution < 1.29 is 0 Å². The molecule has 2 nitrogen and oxygen atoms in total. The summed E-state index contributed by atoms with van der Waals surface area (Å²) in [6, 6.07) is 0.455. The Kier molecular flexibility index (Phi) is 5.62. The maximum Gasteiger partial charge on any atom is 0.0337 e. The second-order valence-electron chi connectivity index (χ2n) is 2.56. The van der Waals surface area contributed by atoms with Crippen LogP contribution in [0.2, 0.25) is 0 Å². The minimum Gasteiger partial charge on any atom is -0.326 e. The summed E-state index contributed by atoms with van der Waals surface area (Å²) < 4.78 is 0. The molecule has 0 aromatic heterocycles. The van der Waals surface area contributed by atoms with E-state index in [-0.39, 0.29) is 6.04 Å². The summed E-state index contributed by atoms with van der Waals surface area (Å²) in [5, 5.41) is 0. The Morgan fingerprint density at radius 1 is 1.30 bits per heavy atom. The van der Waals surface area contributed by atoms with Crippen LogP contribution in [-0.2, 0) is 0 Å². The number of hydrogen-bond donors (Lipinski definition) is 3. The lowest BCUT2D eigenvalue weighted by molar-refractivity contribution is 0.289. The predicted octanol–water partition coefficient (Wildman–Crippen LogP) is 0.104. The number of rotatable bonds is 4. The number of thiol groups is 2. The Balaban J connectivity index is 3.80. The summed E-state index contributed by atoms with van der Waals surface area (Å²) in [6.07, 6.45) is 0. The fourth-order valence-electron chi connectivity index (χ4n) is 0.803. The molecular formula is C6H16N2S2. The topological polar surface area (TPSA) is 29.3 Å². The first kappa shape index (κ1) is 10.6. The lowest BCUT2D eigenvalue weighted by Gasteiger charge is -2.27. The first-order chi connectivity index (χ1) is 4.63. The standard InChI is InChI=1S/C6H16N2S2/c1-8(2)6(4-10)5(7)3-9/h5-6,9-10H,3-4,7H2,1-2H3. The summed E-state index contributed by atoms with van der Waals surface area (Å²) in [7, 11) is 4.01. The van der Waals surface area contributed by atoms with Crippen LogP contribution in [0.3, 0.4) is 0 Å². The first-order valence-electron chi connectivity index (χ1n) is 3.27. The predicted molar refractivity (Wildman–Crippen MR) is 53.2 cm³/mol. The van der Waals surface area contributed by atoms with Crippen molar-refractivity contribution in [2.45, 2.75) is 12.1 Å². The fraction of sp³-hybridized carbons (Fsp3) is 1.00. The van der Waals surface area contributed by atoms with Crippen molar-refractivity contribution in [1.82, 2.24) is 4.90 Å². The smallest absolute Gasteiger partial charge is 0.0337 e. The molecule has 4 heteroatoms. The molecule has 0 aromatic rings. The van der Waals surface area contributed by atoms with Crippen LogP contribution in [0.4, 0.5) is 0 Å². The zero-order chi connectivity index (χ0) is 8.15. The van der Waals surface area contributed by atoms with E-state index in [1.54, 1.807) is 0 Å². The van der Waals surface area contributed by atoms with Crippen LogP contribution < -0.4 is 5.73 Å². The van der Waals surface area contributed by atoms with E-state index in [0.717, 1.165) is 5.75 Å². The van der Waals surface area contributed by atoms with Gasteiger partial charge in [-0.1, -0.05) is 0 Å². The molecule has 0 spiro atoms. The molecule has 0 aliphatic rings. The maximum absolute atomic E-state index is 5.76. The van der Waals surface area contributed by atoms with Gasteiger partial charge in [0.05, 0.1) is 0 Å². The van der Waals surface area contributed by atoms with Gasteiger partial charge in [-0.2, -0.15) is 25.3 Å². The number of nitrogens with zero attached hydrogens (tertiary/aromatic N) is 1. The lowest BCUT2D eigenvalue weighted by atomic mass is 10.2.